The summed E-state index contributed by atoms with van der Waals surface area (Å²) in [6, 6.07) is 17.9. The molecule has 0 N–H and O–H groups in total. The molecule has 0 radical (unpaired) electrons. The number of benzene rings is 2. The molecule has 1 heterocycles. The summed E-state index contributed by atoms with van der Waals surface area (Å²) in [6.07, 6.45) is 10.9. The van der Waals surface area contributed by atoms with Gasteiger partial charge in [0.05, 0.1) is 12.4 Å². The zero-order valence-electron chi connectivity index (χ0n) is 12.7. The summed E-state index contributed by atoms with van der Waals surface area (Å²) in [5.41, 5.74) is 5.72. The Balaban J connectivity index is 1.81. The first-order chi connectivity index (χ1) is 10.9. The number of hydrogen-bond acceptors (Lipinski definition) is 1. The summed E-state index contributed by atoms with van der Waals surface area (Å²) >= 11 is 0. The standard InChI is InChI=1S/C20H20N2/c1-2-7-17(8-3-1)20(22-13-12-21-15-22)19-11-10-16-6-4-5-9-18(16)14-19/h1-3,7-8,10-15,20H,4-6,9H2. The van der Waals surface area contributed by atoms with Crippen molar-refractivity contribution in [1.82, 2.24) is 9.55 Å². The molecule has 4 rings (SSSR count). The van der Waals surface area contributed by atoms with Crippen molar-refractivity contribution >= 4 is 0 Å². The molecule has 2 aromatic carbocycles. The fraction of sp³-hybridized carbons (Fsp3) is 0.250. The minimum Gasteiger partial charge on any atom is -0.326 e. The SMILES string of the molecule is c1ccc(C(c2ccc3c(c2)CCCC3)n2ccnc2)cc1. The number of imidazole rings is 1. The number of aromatic nitrogens is 2. The number of rotatable bonds is 3. The van der Waals surface area contributed by atoms with E-state index in [1.165, 1.54) is 47.9 Å². The van der Waals surface area contributed by atoms with Gasteiger partial charge in [-0.15, -0.1) is 0 Å². The second-order valence-corrected chi connectivity index (χ2v) is 6.06. The predicted octanol–water partition coefficient (Wildman–Crippen LogP) is 4.40. The summed E-state index contributed by atoms with van der Waals surface area (Å²) in [5.74, 6) is 0. The van der Waals surface area contributed by atoms with E-state index in [2.05, 4.69) is 64.3 Å². The molecule has 0 amide bonds. The lowest BCUT2D eigenvalue weighted by Gasteiger charge is -2.23. The molecular weight excluding hydrogens is 268 g/mol. The highest BCUT2D eigenvalue weighted by molar-refractivity contribution is 5.39. The van der Waals surface area contributed by atoms with Gasteiger partial charge >= 0.3 is 0 Å². The van der Waals surface area contributed by atoms with Crippen LogP contribution in [-0.2, 0) is 12.8 Å². The highest BCUT2D eigenvalue weighted by Gasteiger charge is 2.18. The maximum atomic E-state index is 4.24. The second-order valence-electron chi connectivity index (χ2n) is 6.06. The van der Waals surface area contributed by atoms with E-state index in [1.807, 2.05) is 12.5 Å². The molecule has 0 saturated heterocycles. The zero-order chi connectivity index (χ0) is 14.8. The highest BCUT2D eigenvalue weighted by Crippen LogP contribution is 2.30. The van der Waals surface area contributed by atoms with Crippen LogP contribution in [-0.4, -0.2) is 9.55 Å². The number of aryl methyl sites for hydroxylation is 2. The lowest BCUT2D eigenvalue weighted by Crippen LogP contribution is -2.12. The third-order valence-corrected chi connectivity index (χ3v) is 4.63. The van der Waals surface area contributed by atoms with Gasteiger partial charge in [0.2, 0.25) is 0 Å². The molecule has 0 spiro atoms. The Morgan fingerprint density at radius 2 is 1.68 bits per heavy atom. The Labute approximate surface area is 131 Å². The molecule has 3 aromatic rings. The van der Waals surface area contributed by atoms with Crippen molar-refractivity contribution in [2.24, 2.45) is 0 Å². The molecule has 0 saturated carbocycles. The minimum absolute atomic E-state index is 0.205. The summed E-state index contributed by atoms with van der Waals surface area (Å²) in [4.78, 5) is 4.24. The molecule has 2 nitrogen and oxygen atoms in total. The van der Waals surface area contributed by atoms with Crippen LogP contribution in [0.2, 0.25) is 0 Å². The molecule has 0 bridgehead atoms. The van der Waals surface area contributed by atoms with E-state index in [0.717, 1.165) is 0 Å². The zero-order valence-corrected chi connectivity index (χ0v) is 12.7. The molecule has 22 heavy (non-hydrogen) atoms. The van der Waals surface area contributed by atoms with Gasteiger partial charge in [-0.05, 0) is 47.9 Å². The largest absolute Gasteiger partial charge is 0.326 e. The topological polar surface area (TPSA) is 17.8 Å². The van der Waals surface area contributed by atoms with Crippen LogP contribution in [0.1, 0.15) is 41.1 Å². The smallest absolute Gasteiger partial charge is 0.0954 e. The minimum atomic E-state index is 0.205. The number of fused-ring (bicyclic) bond motifs is 1. The van der Waals surface area contributed by atoms with Crippen LogP contribution >= 0.6 is 0 Å². The molecule has 1 aliphatic rings. The van der Waals surface area contributed by atoms with Gasteiger partial charge in [0.15, 0.2) is 0 Å². The van der Waals surface area contributed by atoms with Crippen molar-refractivity contribution < 1.29 is 0 Å². The maximum absolute atomic E-state index is 4.24. The van der Waals surface area contributed by atoms with Crippen LogP contribution in [0, 0.1) is 0 Å². The monoisotopic (exact) mass is 288 g/mol. The van der Waals surface area contributed by atoms with Gasteiger partial charge in [0, 0.05) is 12.4 Å². The van der Waals surface area contributed by atoms with Gasteiger partial charge in [-0.2, -0.15) is 0 Å². The fourth-order valence-electron chi connectivity index (χ4n) is 3.52. The van der Waals surface area contributed by atoms with Gasteiger partial charge in [-0.3, -0.25) is 0 Å². The van der Waals surface area contributed by atoms with Crippen molar-refractivity contribution in [3.8, 4) is 0 Å². The Morgan fingerprint density at radius 3 is 2.45 bits per heavy atom. The van der Waals surface area contributed by atoms with Crippen LogP contribution in [0.25, 0.3) is 0 Å². The second kappa shape index (κ2) is 5.80. The quantitative estimate of drug-likeness (QED) is 0.698. The third-order valence-electron chi connectivity index (χ3n) is 4.63. The van der Waals surface area contributed by atoms with Gasteiger partial charge in [0.25, 0.3) is 0 Å². The Bertz CT molecular complexity index is 745. The van der Waals surface area contributed by atoms with E-state index in [-0.39, 0.29) is 6.04 Å². The van der Waals surface area contributed by atoms with E-state index in [9.17, 15) is 0 Å². The van der Waals surface area contributed by atoms with Gasteiger partial charge in [-0.1, -0.05) is 48.5 Å². The Hall–Kier alpha value is -2.35. The lowest BCUT2D eigenvalue weighted by molar-refractivity contribution is 0.660. The van der Waals surface area contributed by atoms with E-state index < -0.39 is 0 Å². The molecule has 110 valence electrons. The van der Waals surface area contributed by atoms with E-state index in [4.69, 9.17) is 0 Å². The molecule has 1 unspecified atom stereocenters. The Morgan fingerprint density at radius 1 is 0.864 bits per heavy atom. The van der Waals surface area contributed by atoms with E-state index in [1.54, 1.807) is 0 Å². The summed E-state index contributed by atoms with van der Waals surface area (Å²) in [5, 5.41) is 0. The first kappa shape index (κ1) is 13.3. The highest BCUT2D eigenvalue weighted by atomic mass is 15.0. The lowest BCUT2D eigenvalue weighted by atomic mass is 9.88. The van der Waals surface area contributed by atoms with Crippen LogP contribution in [0.4, 0.5) is 0 Å². The van der Waals surface area contributed by atoms with Crippen molar-refractivity contribution in [2.45, 2.75) is 31.7 Å². The predicted molar refractivity (Wildman–Crippen MR) is 89.0 cm³/mol. The van der Waals surface area contributed by atoms with Gasteiger partial charge < -0.3 is 4.57 Å². The number of hydrogen-bond donors (Lipinski definition) is 0. The molecule has 0 fully saturated rings. The normalized spacial score (nSPS) is 15.3. The first-order valence-electron chi connectivity index (χ1n) is 8.06. The van der Waals surface area contributed by atoms with E-state index >= 15 is 0 Å². The molecule has 1 atom stereocenters. The van der Waals surface area contributed by atoms with E-state index in [0.29, 0.717) is 0 Å². The molecular formula is C20H20N2. The van der Waals surface area contributed by atoms with Crippen molar-refractivity contribution in [1.29, 1.82) is 0 Å². The van der Waals surface area contributed by atoms with Crippen LogP contribution < -0.4 is 0 Å². The van der Waals surface area contributed by atoms with Crippen LogP contribution in [0.5, 0.6) is 0 Å². The third kappa shape index (κ3) is 2.45. The molecule has 0 aliphatic heterocycles. The average molecular weight is 288 g/mol. The van der Waals surface area contributed by atoms with Crippen molar-refractivity contribution in [2.75, 3.05) is 0 Å². The average Bonchev–Trinajstić information content (AvgIpc) is 3.10. The van der Waals surface area contributed by atoms with Crippen molar-refractivity contribution in [3.63, 3.8) is 0 Å². The summed E-state index contributed by atoms with van der Waals surface area (Å²) < 4.78 is 2.19. The summed E-state index contributed by atoms with van der Waals surface area (Å²) in [7, 11) is 0. The van der Waals surface area contributed by atoms with Crippen LogP contribution in [0.3, 0.4) is 0 Å². The number of nitrogens with zero attached hydrogens (tertiary/aromatic N) is 2. The first-order valence-corrected chi connectivity index (χ1v) is 8.06. The fourth-order valence-corrected chi connectivity index (χ4v) is 3.52. The Kier molecular flexibility index (Phi) is 3.51. The van der Waals surface area contributed by atoms with Gasteiger partial charge in [-0.25, -0.2) is 4.98 Å². The molecule has 2 heteroatoms. The maximum Gasteiger partial charge on any atom is 0.0954 e. The van der Waals surface area contributed by atoms with Crippen LogP contribution in [0.15, 0.2) is 67.3 Å². The molecule has 1 aliphatic carbocycles. The van der Waals surface area contributed by atoms with Gasteiger partial charge in [0.1, 0.15) is 0 Å². The molecule has 1 aromatic heterocycles. The summed E-state index contributed by atoms with van der Waals surface area (Å²) in [6.45, 7) is 0. The van der Waals surface area contributed by atoms with Crippen molar-refractivity contribution in [3.05, 3.63) is 89.5 Å².